The van der Waals surface area contributed by atoms with Gasteiger partial charge in [0.15, 0.2) is 0 Å². The zero-order chi connectivity index (χ0) is 11.6. The van der Waals surface area contributed by atoms with Crippen LogP contribution in [0.5, 0.6) is 0 Å². The molecule has 0 fully saturated rings. The Balaban J connectivity index is 3.31. The van der Waals surface area contributed by atoms with Gasteiger partial charge in [0.25, 0.3) is 0 Å². The van der Waals surface area contributed by atoms with Gasteiger partial charge in [-0.3, -0.25) is 0 Å². The van der Waals surface area contributed by atoms with E-state index in [-0.39, 0.29) is 11.7 Å². The van der Waals surface area contributed by atoms with Crippen LogP contribution >= 0.6 is 11.8 Å². The minimum atomic E-state index is -0.0550. The van der Waals surface area contributed by atoms with E-state index in [0.717, 1.165) is 16.0 Å². The Morgan fingerprint density at radius 1 is 1.07 bits per heavy atom. The van der Waals surface area contributed by atoms with Crippen molar-refractivity contribution in [2.45, 2.75) is 44.4 Å². The van der Waals surface area contributed by atoms with Crippen molar-refractivity contribution < 1.29 is 4.39 Å². The zero-order valence-electron chi connectivity index (χ0n) is 10.1. The van der Waals surface area contributed by atoms with Crippen molar-refractivity contribution in [2.24, 2.45) is 0 Å². The molecule has 0 radical (unpaired) electrons. The van der Waals surface area contributed by atoms with E-state index in [0.29, 0.717) is 5.92 Å². The van der Waals surface area contributed by atoms with Crippen LogP contribution in [0.1, 0.15) is 50.7 Å². The van der Waals surface area contributed by atoms with Crippen molar-refractivity contribution in [3.8, 4) is 0 Å². The summed E-state index contributed by atoms with van der Waals surface area (Å²) in [7, 11) is 0. The average Bonchev–Trinajstić information content (AvgIpc) is 2.15. The van der Waals surface area contributed by atoms with E-state index in [2.05, 4.69) is 19.9 Å². The fourth-order valence-corrected chi connectivity index (χ4v) is 2.48. The zero-order valence-corrected chi connectivity index (χ0v) is 10.9. The highest BCUT2D eigenvalue weighted by atomic mass is 32.2. The molecule has 2 heteroatoms. The van der Waals surface area contributed by atoms with Crippen molar-refractivity contribution in [2.75, 3.05) is 6.26 Å². The molecule has 0 amide bonds. The lowest BCUT2D eigenvalue weighted by Gasteiger charge is -2.15. The quantitative estimate of drug-likeness (QED) is 0.667. The second kappa shape index (κ2) is 5.02. The topological polar surface area (TPSA) is 0 Å². The molecule has 0 aliphatic carbocycles. The van der Waals surface area contributed by atoms with Gasteiger partial charge in [-0.1, -0.05) is 27.7 Å². The maximum atomic E-state index is 13.9. The first-order chi connectivity index (χ1) is 6.97. The van der Waals surface area contributed by atoms with Gasteiger partial charge in [0, 0.05) is 10.5 Å². The van der Waals surface area contributed by atoms with Crippen LogP contribution in [0.15, 0.2) is 17.0 Å². The highest BCUT2D eigenvalue weighted by molar-refractivity contribution is 7.98. The maximum absolute atomic E-state index is 13.9. The molecule has 1 aromatic rings. The monoisotopic (exact) mass is 226 g/mol. The van der Waals surface area contributed by atoms with Gasteiger partial charge in [-0.15, -0.1) is 11.8 Å². The molecule has 0 aromatic heterocycles. The van der Waals surface area contributed by atoms with Crippen molar-refractivity contribution in [3.05, 3.63) is 29.1 Å². The Bertz CT molecular complexity index is 343. The first-order valence-electron chi connectivity index (χ1n) is 5.34. The van der Waals surface area contributed by atoms with Crippen LogP contribution in [0.2, 0.25) is 0 Å². The normalized spacial score (nSPS) is 11.5. The van der Waals surface area contributed by atoms with Crippen molar-refractivity contribution >= 4 is 11.8 Å². The first-order valence-corrected chi connectivity index (χ1v) is 6.57. The number of thioether (sulfide) groups is 1. The van der Waals surface area contributed by atoms with Gasteiger partial charge in [0.1, 0.15) is 5.82 Å². The van der Waals surface area contributed by atoms with Gasteiger partial charge in [0.05, 0.1) is 0 Å². The van der Waals surface area contributed by atoms with E-state index in [9.17, 15) is 4.39 Å². The highest BCUT2D eigenvalue weighted by Gasteiger charge is 2.14. The third-order valence-electron chi connectivity index (χ3n) is 2.58. The van der Waals surface area contributed by atoms with Crippen LogP contribution in [0, 0.1) is 5.82 Å². The van der Waals surface area contributed by atoms with Gasteiger partial charge >= 0.3 is 0 Å². The van der Waals surface area contributed by atoms with Crippen LogP contribution in [-0.2, 0) is 0 Å². The summed E-state index contributed by atoms with van der Waals surface area (Å²) in [6.07, 6.45) is 2.00. The van der Waals surface area contributed by atoms with E-state index in [4.69, 9.17) is 0 Å². The number of rotatable bonds is 3. The molecule has 1 rings (SSSR count). The summed E-state index contributed by atoms with van der Waals surface area (Å²) in [6, 6.07) is 3.80. The molecule has 0 bridgehead atoms. The third-order valence-corrected chi connectivity index (χ3v) is 3.36. The minimum Gasteiger partial charge on any atom is -0.207 e. The number of benzene rings is 1. The molecule has 0 nitrogen and oxygen atoms in total. The molecular formula is C13H19FS. The average molecular weight is 226 g/mol. The first kappa shape index (κ1) is 12.6. The summed E-state index contributed by atoms with van der Waals surface area (Å²) in [5.41, 5.74) is 1.94. The molecule has 0 saturated carbocycles. The van der Waals surface area contributed by atoms with Gasteiger partial charge < -0.3 is 0 Å². The summed E-state index contributed by atoms with van der Waals surface area (Å²) < 4.78 is 13.9. The smallest absolute Gasteiger partial charge is 0.128 e. The van der Waals surface area contributed by atoms with Crippen LogP contribution in [0.3, 0.4) is 0 Å². The molecule has 0 N–H and O–H groups in total. The molecule has 0 atom stereocenters. The lowest BCUT2D eigenvalue weighted by atomic mass is 9.96. The molecular weight excluding hydrogens is 207 g/mol. The molecule has 0 spiro atoms. The molecule has 15 heavy (non-hydrogen) atoms. The third kappa shape index (κ3) is 2.75. The Hall–Kier alpha value is -0.500. The SMILES string of the molecule is CSc1cc(C(C)C)cc(F)c1C(C)C. The van der Waals surface area contributed by atoms with E-state index in [1.807, 2.05) is 20.1 Å². The molecule has 0 unspecified atom stereocenters. The molecule has 1 aromatic carbocycles. The van der Waals surface area contributed by atoms with Crippen molar-refractivity contribution in [1.82, 2.24) is 0 Å². The lowest BCUT2D eigenvalue weighted by Crippen LogP contribution is -1.99. The second-order valence-corrected chi connectivity index (χ2v) is 5.28. The second-order valence-electron chi connectivity index (χ2n) is 4.43. The molecule has 0 heterocycles. The van der Waals surface area contributed by atoms with Gasteiger partial charge in [-0.2, -0.15) is 0 Å². The van der Waals surface area contributed by atoms with Crippen molar-refractivity contribution in [3.63, 3.8) is 0 Å². The van der Waals surface area contributed by atoms with E-state index >= 15 is 0 Å². The Morgan fingerprint density at radius 2 is 1.67 bits per heavy atom. The van der Waals surface area contributed by atoms with E-state index in [1.54, 1.807) is 17.8 Å². The lowest BCUT2D eigenvalue weighted by molar-refractivity contribution is 0.586. The highest BCUT2D eigenvalue weighted by Crippen LogP contribution is 2.32. The van der Waals surface area contributed by atoms with Crippen LogP contribution in [-0.4, -0.2) is 6.26 Å². The summed E-state index contributed by atoms with van der Waals surface area (Å²) in [5.74, 6) is 0.570. The Morgan fingerprint density at radius 3 is 2.07 bits per heavy atom. The summed E-state index contributed by atoms with van der Waals surface area (Å²) in [6.45, 7) is 8.25. The Kier molecular flexibility index (Phi) is 4.21. The fourth-order valence-electron chi connectivity index (χ4n) is 1.68. The Labute approximate surface area is 96.3 Å². The molecule has 0 aliphatic heterocycles. The standard InChI is InChI=1S/C13H19FS/c1-8(2)10-6-11(14)13(9(3)4)12(7-10)15-5/h6-9H,1-5H3. The van der Waals surface area contributed by atoms with E-state index < -0.39 is 0 Å². The largest absolute Gasteiger partial charge is 0.207 e. The van der Waals surface area contributed by atoms with Gasteiger partial charge in [0.2, 0.25) is 0 Å². The number of halogens is 1. The predicted molar refractivity (Wildman–Crippen MR) is 66.4 cm³/mol. The fraction of sp³-hybridized carbons (Fsp3) is 0.538. The summed E-state index contributed by atoms with van der Waals surface area (Å²) >= 11 is 1.63. The van der Waals surface area contributed by atoms with Crippen LogP contribution in [0.4, 0.5) is 4.39 Å². The molecule has 0 saturated heterocycles. The summed E-state index contributed by atoms with van der Waals surface area (Å²) in [5, 5.41) is 0. The van der Waals surface area contributed by atoms with Gasteiger partial charge in [-0.05, 0) is 35.8 Å². The number of hydrogen-bond acceptors (Lipinski definition) is 1. The van der Waals surface area contributed by atoms with Crippen LogP contribution in [0.25, 0.3) is 0 Å². The van der Waals surface area contributed by atoms with E-state index in [1.165, 1.54) is 0 Å². The van der Waals surface area contributed by atoms with Crippen LogP contribution < -0.4 is 0 Å². The molecule has 84 valence electrons. The van der Waals surface area contributed by atoms with Crippen molar-refractivity contribution in [1.29, 1.82) is 0 Å². The molecule has 0 aliphatic rings. The minimum absolute atomic E-state index is 0.0550. The maximum Gasteiger partial charge on any atom is 0.128 e. The van der Waals surface area contributed by atoms with Gasteiger partial charge in [-0.25, -0.2) is 4.39 Å². The predicted octanol–water partition coefficient (Wildman–Crippen LogP) is 4.79. The number of hydrogen-bond donors (Lipinski definition) is 0. The summed E-state index contributed by atoms with van der Waals surface area (Å²) in [4.78, 5) is 1.08.